The molecule has 4 aromatic rings. The van der Waals surface area contributed by atoms with Gasteiger partial charge in [0.25, 0.3) is 0 Å². The quantitative estimate of drug-likeness (QED) is 0.401. The molecule has 0 amide bonds. The third-order valence-electron chi connectivity index (χ3n) is 8.01. The molecule has 4 atom stereocenters. The van der Waals surface area contributed by atoms with Crippen LogP contribution in [0.25, 0.3) is 0 Å². The van der Waals surface area contributed by atoms with Crippen LogP contribution >= 0.6 is 0 Å². The zero-order valence-electron chi connectivity index (χ0n) is 18.1. The van der Waals surface area contributed by atoms with Crippen molar-refractivity contribution >= 4 is 11.9 Å². The maximum Gasteiger partial charge on any atom is 0.335 e. The highest BCUT2D eigenvalue weighted by atomic mass is 16.4. The zero-order chi connectivity index (χ0) is 23.1. The van der Waals surface area contributed by atoms with Gasteiger partial charge in [0.15, 0.2) is 0 Å². The second-order valence-electron chi connectivity index (χ2n) is 9.47. The number of carboxylic acids is 2. The van der Waals surface area contributed by atoms with Crippen LogP contribution in [0.4, 0.5) is 0 Å². The van der Waals surface area contributed by atoms with Crippen molar-refractivity contribution in [2.45, 2.75) is 23.7 Å². The standard InChI is InChI=1S/C30H20O4/c31-29(32)15-9-11-21-23(13-15)27-19-7-3-1-5-17(19)25(21)28-20-8-4-2-6-18(20)26(27)22-12-10-16(30(33)34)14-24(22)28/h1-14,25-28H,(H,31,32)(H,33,34)/t25-,26-,27+,28+/m1/s1. The Morgan fingerprint density at radius 1 is 0.441 bits per heavy atom. The highest BCUT2D eigenvalue weighted by Crippen LogP contribution is 2.63. The van der Waals surface area contributed by atoms with Gasteiger partial charge in [-0.05, 0) is 68.8 Å². The summed E-state index contributed by atoms with van der Waals surface area (Å²) >= 11 is 0. The summed E-state index contributed by atoms with van der Waals surface area (Å²) in [5.74, 6) is -2.03. The van der Waals surface area contributed by atoms with Crippen molar-refractivity contribution in [3.63, 3.8) is 0 Å². The molecule has 2 N–H and O–H groups in total. The van der Waals surface area contributed by atoms with Crippen LogP contribution < -0.4 is 0 Å². The molecule has 164 valence electrons. The zero-order valence-corrected chi connectivity index (χ0v) is 18.1. The molecule has 4 aromatic carbocycles. The van der Waals surface area contributed by atoms with Crippen LogP contribution in [0.1, 0.15) is 88.9 Å². The average molecular weight is 444 g/mol. The summed E-state index contributed by atoms with van der Waals surface area (Å²) in [6, 6.07) is 28.1. The number of hydrogen-bond acceptors (Lipinski definition) is 2. The third-order valence-corrected chi connectivity index (χ3v) is 8.01. The predicted molar refractivity (Wildman–Crippen MR) is 127 cm³/mol. The molecule has 0 fully saturated rings. The fourth-order valence-electron chi connectivity index (χ4n) is 6.78. The highest BCUT2D eigenvalue weighted by Gasteiger charge is 2.49. The first-order chi connectivity index (χ1) is 16.5. The Kier molecular flexibility index (Phi) is 3.79. The van der Waals surface area contributed by atoms with E-state index >= 15 is 0 Å². The molecule has 34 heavy (non-hydrogen) atoms. The first kappa shape index (κ1) is 19.3. The molecule has 0 unspecified atom stereocenters. The Hall–Kier alpha value is -4.18. The van der Waals surface area contributed by atoms with Crippen LogP contribution in [0.5, 0.6) is 0 Å². The summed E-state index contributed by atoms with van der Waals surface area (Å²) in [5, 5.41) is 19.5. The smallest absolute Gasteiger partial charge is 0.335 e. The number of rotatable bonds is 2. The van der Waals surface area contributed by atoms with E-state index in [1.54, 1.807) is 12.1 Å². The monoisotopic (exact) mass is 444 g/mol. The van der Waals surface area contributed by atoms with Crippen molar-refractivity contribution in [1.82, 2.24) is 0 Å². The molecule has 0 aliphatic heterocycles. The van der Waals surface area contributed by atoms with Gasteiger partial charge in [-0.1, -0.05) is 60.7 Å². The Balaban J connectivity index is 1.63. The lowest BCUT2D eigenvalue weighted by Crippen LogP contribution is -2.36. The molecule has 0 saturated carbocycles. The topological polar surface area (TPSA) is 74.6 Å². The normalized spacial score (nSPS) is 22.6. The molecule has 6 aliphatic rings. The highest BCUT2D eigenvalue weighted by molar-refractivity contribution is 5.89. The molecule has 4 bridgehead atoms. The van der Waals surface area contributed by atoms with Crippen LogP contribution in [0.15, 0.2) is 84.9 Å². The summed E-state index contributed by atoms with van der Waals surface area (Å²) in [6.45, 7) is 0. The summed E-state index contributed by atoms with van der Waals surface area (Å²) in [6.07, 6.45) is 0. The van der Waals surface area contributed by atoms with Crippen molar-refractivity contribution in [2.24, 2.45) is 0 Å². The maximum atomic E-state index is 11.9. The van der Waals surface area contributed by atoms with E-state index in [0.717, 1.165) is 22.3 Å². The van der Waals surface area contributed by atoms with Gasteiger partial charge in [-0.2, -0.15) is 0 Å². The first-order valence-electron chi connectivity index (χ1n) is 11.5. The molecular weight excluding hydrogens is 424 g/mol. The van der Waals surface area contributed by atoms with E-state index in [-0.39, 0.29) is 23.7 Å². The Bertz CT molecular complexity index is 1430. The first-order valence-corrected chi connectivity index (χ1v) is 11.5. The van der Waals surface area contributed by atoms with Crippen LogP contribution in [0, 0.1) is 0 Å². The van der Waals surface area contributed by atoms with Crippen molar-refractivity contribution in [2.75, 3.05) is 0 Å². The van der Waals surface area contributed by atoms with Gasteiger partial charge in [-0.15, -0.1) is 0 Å². The van der Waals surface area contributed by atoms with Gasteiger partial charge >= 0.3 is 11.9 Å². The van der Waals surface area contributed by atoms with Gasteiger partial charge in [0.05, 0.1) is 11.1 Å². The van der Waals surface area contributed by atoms with E-state index < -0.39 is 11.9 Å². The number of carbonyl (C=O) groups is 2. The van der Waals surface area contributed by atoms with Crippen molar-refractivity contribution in [3.8, 4) is 0 Å². The van der Waals surface area contributed by atoms with Crippen LogP contribution in [-0.2, 0) is 0 Å². The molecule has 0 aromatic heterocycles. The predicted octanol–water partition coefficient (Wildman–Crippen LogP) is 5.95. The van der Waals surface area contributed by atoms with Crippen molar-refractivity contribution in [3.05, 3.63) is 141 Å². The SMILES string of the molecule is O=C(O)c1ccc2c(c1)[C@@H]1c3ccccc3[C@H]2[C@H]2c3ccccc3[C@@H]1c1ccc(C(=O)O)cc12. The summed E-state index contributed by atoms with van der Waals surface area (Å²) in [7, 11) is 0. The number of hydrogen-bond donors (Lipinski definition) is 2. The Morgan fingerprint density at radius 3 is 1.06 bits per heavy atom. The Morgan fingerprint density at radius 2 is 0.735 bits per heavy atom. The largest absolute Gasteiger partial charge is 0.478 e. The van der Waals surface area contributed by atoms with Gasteiger partial charge in [0, 0.05) is 23.7 Å². The van der Waals surface area contributed by atoms with E-state index in [1.807, 2.05) is 24.3 Å². The van der Waals surface area contributed by atoms with Gasteiger partial charge < -0.3 is 10.2 Å². The minimum atomic E-state index is -0.925. The van der Waals surface area contributed by atoms with E-state index in [4.69, 9.17) is 0 Å². The lowest BCUT2D eigenvalue weighted by atomic mass is 9.53. The summed E-state index contributed by atoms with van der Waals surface area (Å²) in [4.78, 5) is 23.8. The van der Waals surface area contributed by atoms with Gasteiger partial charge in [0.2, 0.25) is 0 Å². The third kappa shape index (κ3) is 2.37. The number of aromatic carboxylic acids is 2. The van der Waals surface area contributed by atoms with Gasteiger partial charge in [-0.25, -0.2) is 9.59 Å². The number of benzene rings is 4. The van der Waals surface area contributed by atoms with E-state index in [2.05, 4.69) is 48.5 Å². The molecule has 4 nitrogen and oxygen atoms in total. The minimum Gasteiger partial charge on any atom is -0.478 e. The lowest BCUT2D eigenvalue weighted by Gasteiger charge is -2.50. The second-order valence-corrected chi connectivity index (χ2v) is 9.47. The van der Waals surface area contributed by atoms with E-state index in [9.17, 15) is 19.8 Å². The van der Waals surface area contributed by atoms with Gasteiger partial charge in [-0.3, -0.25) is 0 Å². The molecule has 0 heterocycles. The summed E-state index contributed by atoms with van der Waals surface area (Å²) < 4.78 is 0. The average Bonchev–Trinajstić information content (AvgIpc) is 2.84. The molecule has 0 radical (unpaired) electrons. The fraction of sp³-hybridized carbons (Fsp3) is 0.133. The van der Waals surface area contributed by atoms with Crippen molar-refractivity contribution < 1.29 is 19.8 Å². The van der Waals surface area contributed by atoms with E-state index in [1.165, 1.54) is 22.3 Å². The second kappa shape index (κ2) is 6.67. The maximum absolute atomic E-state index is 11.9. The Labute approximate surface area is 196 Å². The van der Waals surface area contributed by atoms with E-state index in [0.29, 0.717) is 11.1 Å². The molecule has 0 spiro atoms. The lowest BCUT2D eigenvalue weighted by molar-refractivity contribution is 0.0686. The number of carboxylic acid groups (broad SMARTS) is 2. The molecular formula is C30H20O4. The minimum absolute atomic E-state index is 0.0320. The fourth-order valence-corrected chi connectivity index (χ4v) is 6.78. The van der Waals surface area contributed by atoms with Crippen LogP contribution in [-0.4, -0.2) is 22.2 Å². The molecule has 10 rings (SSSR count). The van der Waals surface area contributed by atoms with Crippen LogP contribution in [0.2, 0.25) is 0 Å². The van der Waals surface area contributed by atoms with Gasteiger partial charge in [0.1, 0.15) is 0 Å². The van der Waals surface area contributed by atoms with Crippen LogP contribution in [0.3, 0.4) is 0 Å². The molecule has 0 saturated heterocycles. The molecule has 4 heteroatoms. The van der Waals surface area contributed by atoms with Crippen molar-refractivity contribution in [1.29, 1.82) is 0 Å². The molecule has 6 aliphatic carbocycles. The summed E-state index contributed by atoms with van der Waals surface area (Å²) in [5.41, 5.74) is 10.00.